The van der Waals surface area contributed by atoms with Crippen LogP contribution >= 0.6 is 0 Å². The Morgan fingerprint density at radius 3 is 1.90 bits per heavy atom. The van der Waals surface area contributed by atoms with E-state index < -0.39 is 5.60 Å². The molecule has 0 spiro atoms. The minimum absolute atomic E-state index is 0.174. The Kier molecular flexibility index (Phi) is 5.32. The largest absolute Gasteiger partial charge is 0.460 e. The van der Waals surface area contributed by atoms with E-state index in [1.807, 2.05) is 33.2 Å². The van der Waals surface area contributed by atoms with E-state index in [1.165, 1.54) is 0 Å². The maximum absolute atomic E-state index is 12.1. The highest BCUT2D eigenvalue weighted by Gasteiger charge is 2.21. The molecule has 1 aromatic heterocycles. The predicted molar refractivity (Wildman–Crippen MR) is 82.0 cm³/mol. The van der Waals surface area contributed by atoms with Gasteiger partial charge in [0.1, 0.15) is 5.60 Å². The van der Waals surface area contributed by atoms with Crippen LogP contribution in [0.1, 0.15) is 77.0 Å². The zero-order valence-electron chi connectivity index (χ0n) is 13.8. The number of pyridine rings is 1. The fraction of sp³-hybridized carbons (Fsp3) is 0.647. The van der Waals surface area contributed by atoms with E-state index in [2.05, 4.69) is 32.7 Å². The van der Waals surface area contributed by atoms with Crippen LogP contribution in [0.2, 0.25) is 0 Å². The van der Waals surface area contributed by atoms with Gasteiger partial charge in [-0.15, -0.1) is 0 Å². The Labute approximate surface area is 122 Å². The summed E-state index contributed by atoms with van der Waals surface area (Å²) in [5.41, 5.74) is 2.92. The Morgan fingerprint density at radius 1 is 1.10 bits per heavy atom. The number of hydrogen-bond acceptors (Lipinski definition) is 3. The first-order chi connectivity index (χ1) is 9.11. The number of hydrogen-bond donors (Lipinski definition) is 0. The van der Waals surface area contributed by atoms with Gasteiger partial charge in [0.2, 0.25) is 0 Å². The molecular weight excluding hydrogens is 250 g/mol. The van der Waals surface area contributed by atoms with Crippen molar-refractivity contribution in [1.29, 1.82) is 0 Å². The van der Waals surface area contributed by atoms with E-state index in [0.717, 1.165) is 16.7 Å². The van der Waals surface area contributed by atoms with Crippen molar-refractivity contribution in [1.82, 2.24) is 4.98 Å². The first-order valence-electron chi connectivity index (χ1n) is 7.30. The third-order valence-electron chi connectivity index (χ3n) is 3.11. The molecule has 0 N–H and O–H groups in total. The lowest BCUT2D eigenvalue weighted by Crippen LogP contribution is -2.25. The molecule has 1 heterocycles. The van der Waals surface area contributed by atoms with Gasteiger partial charge in [0.15, 0.2) is 0 Å². The summed E-state index contributed by atoms with van der Waals surface area (Å²) in [5.74, 6) is 0.518. The Bertz CT molecular complexity index is 444. The standard InChI is InChI=1S/C17H27NO2/c1-11(2)14-9-18-10-15(12(3)4)13(14)8-16(19)20-17(5,6)7/h9-12H,8H2,1-7H3. The molecule has 1 aromatic rings. The molecular formula is C17H27NO2. The number of rotatable bonds is 4. The first kappa shape index (κ1) is 16.7. The van der Waals surface area contributed by atoms with Crippen molar-refractivity contribution in [2.24, 2.45) is 0 Å². The van der Waals surface area contributed by atoms with Crippen LogP contribution in [0.15, 0.2) is 12.4 Å². The second-order valence-corrected chi connectivity index (χ2v) is 6.87. The van der Waals surface area contributed by atoms with Crippen molar-refractivity contribution >= 4 is 5.97 Å². The van der Waals surface area contributed by atoms with Crippen LogP contribution in [0.3, 0.4) is 0 Å². The average molecular weight is 277 g/mol. The van der Waals surface area contributed by atoms with Gasteiger partial charge in [-0.25, -0.2) is 0 Å². The molecule has 0 unspecified atom stereocenters. The highest BCUT2D eigenvalue weighted by molar-refractivity contribution is 5.74. The molecule has 3 nitrogen and oxygen atoms in total. The van der Waals surface area contributed by atoms with Gasteiger partial charge < -0.3 is 4.74 Å². The Balaban J connectivity index is 3.11. The summed E-state index contributed by atoms with van der Waals surface area (Å²) in [6.45, 7) is 14.2. The monoisotopic (exact) mass is 277 g/mol. The third-order valence-corrected chi connectivity index (χ3v) is 3.11. The number of carbonyl (C=O) groups is 1. The highest BCUT2D eigenvalue weighted by Crippen LogP contribution is 2.27. The van der Waals surface area contributed by atoms with Gasteiger partial charge in [-0.05, 0) is 49.3 Å². The van der Waals surface area contributed by atoms with Crippen molar-refractivity contribution in [3.8, 4) is 0 Å². The molecule has 0 bridgehead atoms. The number of esters is 1. The fourth-order valence-corrected chi connectivity index (χ4v) is 2.24. The maximum Gasteiger partial charge on any atom is 0.310 e. The summed E-state index contributed by atoms with van der Waals surface area (Å²) >= 11 is 0. The molecule has 0 radical (unpaired) electrons. The number of ether oxygens (including phenoxy) is 1. The molecule has 112 valence electrons. The van der Waals surface area contributed by atoms with Crippen LogP contribution in [-0.2, 0) is 16.0 Å². The molecule has 0 amide bonds. The van der Waals surface area contributed by atoms with Gasteiger partial charge in [-0.1, -0.05) is 27.7 Å². The number of aromatic nitrogens is 1. The molecule has 0 atom stereocenters. The average Bonchev–Trinajstić information content (AvgIpc) is 2.25. The molecule has 0 aliphatic rings. The molecule has 0 saturated heterocycles. The topological polar surface area (TPSA) is 39.2 Å². The second-order valence-electron chi connectivity index (χ2n) is 6.87. The zero-order valence-corrected chi connectivity index (χ0v) is 13.8. The van der Waals surface area contributed by atoms with Crippen LogP contribution in [0, 0.1) is 0 Å². The zero-order chi connectivity index (χ0) is 15.5. The van der Waals surface area contributed by atoms with Crippen LogP contribution in [-0.4, -0.2) is 16.6 Å². The summed E-state index contributed by atoms with van der Waals surface area (Å²) in [5, 5.41) is 0. The fourth-order valence-electron chi connectivity index (χ4n) is 2.24. The van der Waals surface area contributed by atoms with Crippen LogP contribution in [0.5, 0.6) is 0 Å². The number of carbonyl (C=O) groups excluding carboxylic acids is 1. The normalized spacial score (nSPS) is 12.1. The van der Waals surface area contributed by atoms with Gasteiger partial charge in [0.25, 0.3) is 0 Å². The lowest BCUT2D eigenvalue weighted by Gasteiger charge is -2.22. The first-order valence-corrected chi connectivity index (χ1v) is 7.30. The van der Waals surface area contributed by atoms with Gasteiger partial charge in [-0.3, -0.25) is 9.78 Å². The van der Waals surface area contributed by atoms with Gasteiger partial charge in [0, 0.05) is 12.4 Å². The molecule has 0 aromatic carbocycles. The predicted octanol–water partition coefficient (Wildman–Crippen LogP) is 4.21. The summed E-state index contributed by atoms with van der Waals surface area (Å²) < 4.78 is 5.45. The molecule has 0 fully saturated rings. The van der Waals surface area contributed by atoms with E-state index >= 15 is 0 Å². The van der Waals surface area contributed by atoms with Crippen molar-refractivity contribution in [3.05, 3.63) is 29.1 Å². The summed E-state index contributed by atoms with van der Waals surface area (Å²) in [7, 11) is 0. The molecule has 20 heavy (non-hydrogen) atoms. The second kappa shape index (κ2) is 6.38. The van der Waals surface area contributed by atoms with Gasteiger partial charge in [0.05, 0.1) is 6.42 Å². The van der Waals surface area contributed by atoms with Crippen LogP contribution in [0.25, 0.3) is 0 Å². The third kappa shape index (κ3) is 4.62. The molecule has 0 aliphatic heterocycles. The van der Waals surface area contributed by atoms with Crippen molar-refractivity contribution < 1.29 is 9.53 Å². The maximum atomic E-state index is 12.1. The minimum atomic E-state index is -0.444. The van der Waals surface area contributed by atoms with Crippen LogP contribution < -0.4 is 0 Å². The van der Waals surface area contributed by atoms with E-state index in [9.17, 15) is 4.79 Å². The van der Waals surface area contributed by atoms with Gasteiger partial charge in [-0.2, -0.15) is 0 Å². The molecule has 1 rings (SSSR count). The lowest BCUT2D eigenvalue weighted by atomic mass is 9.89. The quantitative estimate of drug-likeness (QED) is 0.774. The highest BCUT2D eigenvalue weighted by atomic mass is 16.6. The Morgan fingerprint density at radius 2 is 1.55 bits per heavy atom. The molecule has 0 saturated carbocycles. The van der Waals surface area contributed by atoms with Crippen molar-refractivity contribution in [2.75, 3.05) is 0 Å². The summed E-state index contributed by atoms with van der Waals surface area (Å²) in [6.07, 6.45) is 4.06. The van der Waals surface area contributed by atoms with E-state index in [4.69, 9.17) is 4.74 Å². The van der Waals surface area contributed by atoms with E-state index in [-0.39, 0.29) is 5.97 Å². The summed E-state index contributed by atoms with van der Waals surface area (Å²) in [4.78, 5) is 16.5. The molecule has 3 heteroatoms. The van der Waals surface area contributed by atoms with E-state index in [1.54, 1.807) is 0 Å². The lowest BCUT2D eigenvalue weighted by molar-refractivity contribution is -0.153. The summed E-state index contributed by atoms with van der Waals surface area (Å²) in [6, 6.07) is 0. The van der Waals surface area contributed by atoms with E-state index in [0.29, 0.717) is 18.3 Å². The molecule has 0 aliphatic carbocycles. The van der Waals surface area contributed by atoms with Gasteiger partial charge >= 0.3 is 5.97 Å². The van der Waals surface area contributed by atoms with Crippen LogP contribution in [0.4, 0.5) is 0 Å². The smallest absolute Gasteiger partial charge is 0.310 e. The Hall–Kier alpha value is -1.38. The SMILES string of the molecule is CC(C)c1cncc(C(C)C)c1CC(=O)OC(C)(C)C. The van der Waals surface area contributed by atoms with Crippen molar-refractivity contribution in [3.63, 3.8) is 0 Å². The number of nitrogens with zero attached hydrogens (tertiary/aromatic N) is 1. The minimum Gasteiger partial charge on any atom is -0.460 e. The van der Waals surface area contributed by atoms with Crippen molar-refractivity contribution in [2.45, 2.75) is 72.3 Å².